The molecule has 1 heteroatoms. The number of nitrogens with one attached hydrogen (secondary N) is 1. The molecule has 0 amide bonds. The Morgan fingerprint density at radius 2 is 1.65 bits per heavy atom. The predicted molar refractivity (Wildman–Crippen MR) is 76.3 cm³/mol. The highest BCUT2D eigenvalue weighted by Gasteiger charge is 2.14. The first kappa shape index (κ1) is 14.2. The Hall–Kier alpha value is -0.820. The summed E-state index contributed by atoms with van der Waals surface area (Å²) in [6.45, 7) is 9.17. The lowest BCUT2D eigenvalue weighted by Gasteiger charge is -2.26. The van der Waals surface area contributed by atoms with Crippen molar-refractivity contribution < 1.29 is 0 Å². The van der Waals surface area contributed by atoms with Gasteiger partial charge in [0.2, 0.25) is 0 Å². The average molecular weight is 233 g/mol. The van der Waals surface area contributed by atoms with E-state index in [0.29, 0.717) is 12.1 Å². The van der Waals surface area contributed by atoms with Crippen molar-refractivity contribution in [2.24, 2.45) is 5.92 Å². The van der Waals surface area contributed by atoms with E-state index < -0.39 is 0 Å². The van der Waals surface area contributed by atoms with Crippen molar-refractivity contribution >= 4 is 0 Å². The predicted octanol–water partition coefficient (Wildman–Crippen LogP) is 4.03. The zero-order valence-corrected chi connectivity index (χ0v) is 11.7. The van der Waals surface area contributed by atoms with E-state index in [2.05, 4.69) is 63.3 Å². The summed E-state index contributed by atoms with van der Waals surface area (Å²) in [5.41, 5.74) is 1.43. The van der Waals surface area contributed by atoms with E-state index in [1.807, 2.05) is 0 Å². The van der Waals surface area contributed by atoms with Gasteiger partial charge in [0.05, 0.1) is 0 Å². The van der Waals surface area contributed by atoms with Crippen LogP contribution in [0.15, 0.2) is 30.3 Å². The van der Waals surface area contributed by atoms with Crippen LogP contribution >= 0.6 is 0 Å². The van der Waals surface area contributed by atoms with Gasteiger partial charge in [-0.05, 0) is 31.2 Å². The molecular formula is C16H27N. The maximum Gasteiger partial charge on any atom is 0.0107 e. The third kappa shape index (κ3) is 4.91. The molecule has 0 bridgehead atoms. The molecule has 0 aliphatic rings. The standard InChI is InChI=1S/C16H27N/c1-5-13(3)14(4)17-16(6-2)12-15-10-8-7-9-11-15/h7-11,13-14,16-17H,5-6,12H2,1-4H3. The molecule has 0 fully saturated rings. The van der Waals surface area contributed by atoms with Gasteiger partial charge >= 0.3 is 0 Å². The molecule has 0 saturated heterocycles. The average Bonchev–Trinajstić information content (AvgIpc) is 2.38. The van der Waals surface area contributed by atoms with Crippen LogP contribution in [-0.2, 0) is 6.42 Å². The fraction of sp³-hybridized carbons (Fsp3) is 0.625. The lowest BCUT2D eigenvalue weighted by atomic mass is 9.97. The van der Waals surface area contributed by atoms with E-state index in [4.69, 9.17) is 0 Å². The number of rotatable bonds is 7. The van der Waals surface area contributed by atoms with Crippen LogP contribution in [0, 0.1) is 5.92 Å². The molecular weight excluding hydrogens is 206 g/mol. The molecule has 1 aromatic rings. The molecule has 17 heavy (non-hydrogen) atoms. The Morgan fingerprint density at radius 1 is 1.00 bits per heavy atom. The van der Waals surface area contributed by atoms with Gasteiger partial charge in [0.15, 0.2) is 0 Å². The van der Waals surface area contributed by atoms with Gasteiger partial charge in [0.25, 0.3) is 0 Å². The first-order valence-electron chi connectivity index (χ1n) is 6.97. The number of benzene rings is 1. The Kier molecular flexibility index (Phi) is 6.28. The Morgan fingerprint density at radius 3 is 2.18 bits per heavy atom. The summed E-state index contributed by atoms with van der Waals surface area (Å²) in [6, 6.07) is 12.0. The van der Waals surface area contributed by atoms with Crippen LogP contribution in [0.5, 0.6) is 0 Å². The minimum Gasteiger partial charge on any atom is -0.311 e. The van der Waals surface area contributed by atoms with Crippen LogP contribution in [-0.4, -0.2) is 12.1 Å². The highest BCUT2D eigenvalue weighted by atomic mass is 14.9. The molecule has 0 aromatic heterocycles. The maximum absolute atomic E-state index is 3.77. The van der Waals surface area contributed by atoms with E-state index in [0.717, 1.165) is 12.3 Å². The van der Waals surface area contributed by atoms with E-state index in [1.165, 1.54) is 18.4 Å². The van der Waals surface area contributed by atoms with Crippen molar-refractivity contribution in [3.63, 3.8) is 0 Å². The van der Waals surface area contributed by atoms with Crippen molar-refractivity contribution in [3.8, 4) is 0 Å². The molecule has 0 aliphatic heterocycles. The second-order valence-electron chi connectivity index (χ2n) is 5.14. The molecule has 0 saturated carbocycles. The monoisotopic (exact) mass is 233 g/mol. The minimum absolute atomic E-state index is 0.599. The molecule has 0 radical (unpaired) electrons. The van der Waals surface area contributed by atoms with Gasteiger partial charge in [-0.25, -0.2) is 0 Å². The first-order chi connectivity index (χ1) is 8.17. The lowest BCUT2D eigenvalue weighted by molar-refractivity contribution is 0.340. The van der Waals surface area contributed by atoms with E-state index in [9.17, 15) is 0 Å². The molecule has 1 rings (SSSR count). The Bertz CT molecular complexity index is 294. The van der Waals surface area contributed by atoms with Crippen LogP contribution in [0.1, 0.15) is 46.1 Å². The summed E-state index contributed by atoms with van der Waals surface area (Å²) in [4.78, 5) is 0. The molecule has 3 atom stereocenters. The summed E-state index contributed by atoms with van der Waals surface area (Å²) < 4.78 is 0. The van der Waals surface area contributed by atoms with Crippen molar-refractivity contribution in [1.29, 1.82) is 0 Å². The summed E-state index contributed by atoms with van der Waals surface area (Å²) in [5, 5.41) is 3.77. The van der Waals surface area contributed by atoms with Crippen LogP contribution in [0.4, 0.5) is 0 Å². The quantitative estimate of drug-likeness (QED) is 0.749. The SMILES string of the molecule is CCC(Cc1ccccc1)NC(C)C(C)CC. The zero-order valence-electron chi connectivity index (χ0n) is 11.7. The third-order valence-corrected chi connectivity index (χ3v) is 3.81. The topological polar surface area (TPSA) is 12.0 Å². The lowest BCUT2D eigenvalue weighted by Crippen LogP contribution is -2.40. The normalized spacial score (nSPS) is 16.5. The smallest absolute Gasteiger partial charge is 0.0107 e. The summed E-state index contributed by atoms with van der Waals surface area (Å²) in [6.07, 6.45) is 3.57. The van der Waals surface area contributed by atoms with Crippen LogP contribution < -0.4 is 5.32 Å². The van der Waals surface area contributed by atoms with E-state index >= 15 is 0 Å². The molecule has 1 aromatic carbocycles. The van der Waals surface area contributed by atoms with Gasteiger partial charge in [-0.2, -0.15) is 0 Å². The molecule has 3 unspecified atom stereocenters. The van der Waals surface area contributed by atoms with Crippen molar-refractivity contribution in [2.75, 3.05) is 0 Å². The van der Waals surface area contributed by atoms with Gasteiger partial charge in [-0.3, -0.25) is 0 Å². The molecule has 1 nitrogen and oxygen atoms in total. The third-order valence-electron chi connectivity index (χ3n) is 3.81. The number of hydrogen-bond acceptors (Lipinski definition) is 1. The van der Waals surface area contributed by atoms with E-state index in [-0.39, 0.29) is 0 Å². The highest BCUT2D eigenvalue weighted by molar-refractivity contribution is 5.15. The summed E-state index contributed by atoms with van der Waals surface area (Å²) in [7, 11) is 0. The minimum atomic E-state index is 0.599. The first-order valence-corrected chi connectivity index (χ1v) is 6.97. The zero-order chi connectivity index (χ0) is 12.7. The van der Waals surface area contributed by atoms with Crippen molar-refractivity contribution in [2.45, 2.75) is 59.0 Å². The fourth-order valence-electron chi connectivity index (χ4n) is 2.11. The van der Waals surface area contributed by atoms with Crippen LogP contribution in [0.25, 0.3) is 0 Å². The van der Waals surface area contributed by atoms with Gasteiger partial charge in [0, 0.05) is 12.1 Å². The summed E-state index contributed by atoms with van der Waals surface area (Å²) in [5.74, 6) is 0.750. The second kappa shape index (κ2) is 7.50. The van der Waals surface area contributed by atoms with Gasteiger partial charge in [0.1, 0.15) is 0 Å². The number of hydrogen-bond donors (Lipinski definition) is 1. The molecule has 0 spiro atoms. The Labute approximate surface area is 107 Å². The van der Waals surface area contributed by atoms with Crippen molar-refractivity contribution in [3.05, 3.63) is 35.9 Å². The fourth-order valence-corrected chi connectivity index (χ4v) is 2.11. The van der Waals surface area contributed by atoms with E-state index in [1.54, 1.807) is 0 Å². The van der Waals surface area contributed by atoms with Gasteiger partial charge < -0.3 is 5.32 Å². The van der Waals surface area contributed by atoms with Crippen LogP contribution in [0.2, 0.25) is 0 Å². The molecule has 96 valence electrons. The molecule has 0 aliphatic carbocycles. The van der Waals surface area contributed by atoms with Gasteiger partial charge in [-0.1, -0.05) is 57.5 Å². The summed E-state index contributed by atoms with van der Waals surface area (Å²) >= 11 is 0. The van der Waals surface area contributed by atoms with Crippen molar-refractivity contribution in [1.82, 2.24) is 5.32 Å². The largest absolute Gasteiger partial charge is 0.311 e. The van der Waals surface area contributed by atoms with Gasteiger partial charge in [-0.15, -0.1) is 0 Å². The Balaban J connectivity index is 2.49. The second-order valence-corrected chi connectivity index (χ2v) is 5.14. The maximum atomic E-state index is 3.77. The van der Waals surface area contributed by atoms with Crippen LogP contribution in [0.3, 0.4) is 0 Å². The molecule has 0 heterocycles. The highest BCUT2D eigenvalue weighted by Crippen LogP contribution is 2.11. The molecule has 1 N–H and O–H groups in total.